The molecule has 0 aromatic heterocycles. The van der Waals surface area contributed by atoms with Gasteiger partial charge in [0, 0.05) is 29.9 Å². The number of carbonyl (C=O) groups is 1. The lowest BCUT2D eigenvalue weighted by atomic mass is 10.1. The number of hydrogen-bond donors (Lipinski definition) is 1. The van der Waals surface area contributed by atoms with Gasteiger partial charge in [-0.3, -0.25) is 4.79 Å². The van der Waals surface area contributed by atoms with E-state index < -0.39 is 0 Å². The molecule has 0 spiro atoms. The second kappa shape index (κ2) is 5.03. The summed E-state index contributed by atoms with van der Waals surface area (Å²) in [5, 5.41) is 0.465. The normalized spacial score (nSPS) is 9.94. The summed E-state index contributed by atoms with van der Waals surface area (Å²) < 4.78 is 0. The summed E-state index contributed by atoms with van der Waals surface area (Å²) in [6, 6.07) is 4.83. The molecular weight excluding hydrogens is 224 g/mol. The van der Waals surface area contributed by atoms with E-state index in [4.69, 9.17) is 17.3 Å². The maximum atomic E-state index is 12.0. The number of benzene rings is 1. The minimum atomic E-state index is -0.114. The van der Waals surface area contributed by atoms with Gasteiger partial charge in [0.2, 0.25) is 0 Å². The van der Waals surface area contributed by atoms with Gasteiger partial charge in [-0.15, -0.1) is 0 Å². The highest BCUT2D eigenvalue weighted by molar-refractivity contribution is 6.31. The quantitative estimate of drug-likeness (QED) is 0.650. The summed E-state index contributed by atoms with van der Waals surface area (Å²) in [6.07, 6.45) is 0. The largest absolute Gasteiger partial charge is 0.399 e. The van der Waals surface area contributed by atoms with Gasteiger partial charge in [0.25, 0.3) is 5.91 Å². The first-order chi connectivity index (χ1) is 7.40. The predicted octanol–water partition coefficient (Wildman–Crippen LogP) is 2.57. The molecule has 1 aromatic rings. The number of anilines is 1. The fourth-order valence-corrected chi connectivity index (χ4v) is 1.68. The van der Waals surface area contributed by atoms with Gasteiger partial charge in [-0.1, -0.05) is 23.8 Å². The number of carbonyl (C=O) groups excluding carboxylic acids is 1. The second-order valence-corrected chi connectivity index (χ2v) is 4.33. The Morgan fingerprint density at radius 3 is 2.62 bits per heavy atom. The number of halogens is 1. The molecule has 16 heavy (non-hydrogen) atoms. The molecule has 1 rings (SSSR count). The average molecular weight is 239 g/mol. The Kier molecular flexibility index (Phi) is 3.96. The van der Waals surface area contributed by atoms with E-state index in [2.05, 4.69) is 6.58 Å². The van der Waals surface area contributed by atoms with E-state index >= 15 is 0 Å². The molecule has 1 amide bonds. The molecule has 0 fully saturated rings. The maximum absolute atomic E-state index is 12.0. The monoisotopic (exact) mass is 238 g/mol. The van der Waals surface area contributed by atoms with Crippen LogP contribution in [0.5, 0.6) is 0 Å². The lowest BCUT2D eigenvalue weighted by Gasteiger charge is -2.17. The Labute approximate surface area is 100 Å². The molecule has 3 nitrogen and oxygen atoms in total. The van der Waals surface area contributed by atoms with Crippen molar-refractivity contribution in [2.24, 2.45) is 0 Å². The van der Waals surface area contributed by atoms with Gasteiger partial charge in [-0.05, 0) is 25.1 Å². The lowest BCUT2D eigenvalue weighted by molar-refractivity contribution is 0.0807. The number of rotatable bonds is 3. The van der Waals surface area contributed by atoms with Crippen molar-refractivity contribution in [1.29, 1.82) is 0 Å². The third kappa shape index (κ3) is 3.28. The van der Waals surface area contributed by atoms with Crippen molar-refractivity contribution >= 4 is 23.2 Å². The summed E-state index contributed by atoms with van der Waals surface area (Å²) in [5.41, 5.74) is 7.53. The summed E-state index contributed by atoms with van der Waals surface area (Å²) in [5.74, 6) is -0.114. The SMILES string of the molecule is C=C(C)CN(C)C(=O)c1cc(N)cc(Cl)c1. The van der Waals surface area contributed by atoms with E-state index in [1.54, 1.807) is 30.1 Å². The molecule has 0 aliphatic carbocycles. The van der Waals surface area contributed by atoms with Gasteiger partial charge in [-0.25, -0.2) is 0 Å². The van der Waals surface area contributed by atoms with Crippen LogP contribution in [0.15, 0.2) is 30.4 Å². The van der Waals surface area contributed by atoms with Gasteiger partial charge < -0.3 is 10.6 Å². The zero-order valence-electron chi connectivity index (χ0n) is 9.46. The van der Waals surface area contributed by atoms with Crippen molar-refractivity contribution in [3.63, 3.8) is 0 Å². The fourth-order valence-electron chi connectivity index (χ4n) is 1.43. The summed E-state index contributed by atoms with van der Waals surface area (Å²) in [7, 11) is 1.72. The minimum Gasteiger partial charge on any atom is -0.399 e. The zero-order chi connectivity index (χ0) is 12.3. The Morgan fingerprint density at radius 2 is 2.12 bits per heavy atom. The molecule has 0 radical (unpaired) electrons. The number of amides is 1. The topological polar surface area (TPSA) is 46.3 Å². The molecule has 2 N–H and O–H groups in total. The highest BCUT2D eigenvalue weighted by Gasteiger charge is 2.12. The maximum Gasteiger partial charge on any atom is 0.254 e. The standard InChI is InChI=1S/C12H15ClN2O/c1-8(2)7-15(3)12(16)9-4-10(13)6-11(14)5-9/h4-6H,1,7,14H2,2-3H3. The van der Waals surface area contributed by atoms with Crippen LogP contribution in [-0.4, -0.2) is 24.4 Å². The van der Waals surface area contributed by atoms with E-state index in [1.165, 1.54) is 0 Å². The van der Waals surface area contributed by atoms with Crippen molar-refractivity contribution in [3.8, 4) is 0 Å². The van der Waals surface area contributed by atoms with E-state index in [9.17, 15) is 4.79 Å². The van der Waals surface area contributed by atoms with Crippen LogP contribution in [0.1, 0.15) is 17.3 Å². The van der Waals surface area contributed by atoms with Crippen LogP contribution in [0.4, 0.5) is 5.69 Å². The zero-order valence-corrected chi connectivity index (χ0v) is 10.2. The van der Waals surface area contributed by atoms with Crippen LogP contribution in [0.2, 0.25) is 5.02 Å². The first-order valence-electron chi connectivity index (χ1n) is 4.86. The fraction of sp³-hybridized carbons (Fsp3) is 0.250. The van der Waals surface area contributed by atoms with Crippen molar-refractivity contribution in [2.45, 2.75) is 6.92 Å². The van der Waals surface area contributed by atoms with Gasteiger partial charge in [0.15, 0.2) is 0 Å². The number of nitrogens with zero attached hydrogens (tertiary/aromatic N) is 1. The molecule has 0 heterocycles. The second-order valence-electron chi connectivity index (χ2n) is 3.89. The Hall–Kier alpha value is -1.48. The van der Waals surface area contributed by atoms with Crippen LogP contribution in [0.3, 0.4) is 0 Å². The molecule has 0 atom stereocenters. The summed E-state index contributed by atoms with van der Waals surface area (Å²) in [6.45, 7) is 6.15. The minimum absolute atomic E-state index is 0.114. The van der Waals surface area contributed by atoms with Gasteiger partial charge in [0.1, 0.15) is 0 Å². The third-order valence-corrected chi connectivity index (χ3v) is 2.24. The van der Waals surface area contributed by atoms with Crippen LogP contribution in [0, 0.1) is 0 Å². The van der Waals surface area contributed by atoms with Gasteiger partial charge in [0.05, 0.1) is 0 Å². The Bertz CT molecular complexity index is 409. The molecule has 0 bridgehead atoms. The molecule has 86 valence electrons. The van der Waals surface area contributed by atoms with Crippen LogP contribution in [-0.2, 0) is 0 Å². The van der Waals surface area contributed by atoms with E-state index in [1.807, 2.05) is 6.92 Å². The van der Waals surface area contributed by atoms with Gasteiger partial charge >= 0.3 is 0 Å². The summed E-state index contributed by atoms with van der Waals surface area (Å²) in [4.78, 5) is 13.5. The third-order valence-electron chi connectivity index (χ3n) is 2.02. The molecule has 0 saturated carbocycles. The molecule has 0 aliphatic heterocycles. The van der Waals surface area contributed by atoms with E-state index in [-0.39, 0.29) is 5.91 Å². The highest BCUT2D eigenvalue weighted by atomic mass is 35.5. The smallest absolute Gasteiger partial charge is 0.254 e. The average Bonchev–Trinajstić information content (AvgIpc) is 2.13. The molecule has 4 heteroatoms. The Balaban J connectivity index is 2.91. The number of nitrogens with two attached hydrogens (primary N) is 1. The van der Waals surface area contributed by atoms with Crippen molar-refractivity contribution in [1.82, 2.24) is 4.90 Å². The molecule has 0 aliphatic rings. The predicted molar refractivity (Wildman–Crippen MR) is 67.6 cm³/mol. The summed E-state index contributed by atoms with van der Waals surface area (Å²) >= 11 is 5.84. The molecular formula is C12H15ClN2O. The van der Waals surface area contributed by atoms with E-state index in [0.717, 1.165) is 5.57 Å². The van der Waals surface area contributed by atoms with Gasteiger partial charge in [-0.2, -0.15) is 0 Å². The first-order valence-corrected chi connectivity index (χ1v) is 5.24. The first kappa shape index (κ1) is 12.6. The van der Waals surface area contributed by atoms with Crippen LogP contribution in [0.25, 0.3) is 0 Å². The van der Waals surface area contributed by atoms with Crippen LogP contribution >= 0.6 is 11.6 Å². The van der Waals surface area contributed by atoms with Crippen molar-refractivity contribution < 1.29 is 4.79 Å². The highest BCUT2D eigenvalue weighted by Crippen LogP contribution is 2.17. The number of nitrogen functional groups attached to an aromatic ring is 1. The van der Waals surface area contributed by atoms with Crippen molar-refractivity contribution in [2.75, 3.05) is 19.3 Å². The lowest BCUT2D eigenvalue weighted by Crippen LogP contribution is -2.28. The molecule has 1 aromatic carbocycles. The molecule has 0 unspecified atom stereocenters. The molecule has 0 saturated heterocycles. The van der Waals surface area contributed by atoms with Crippen LogP contribution < -0.4 is 5.73 Å². The number of likely N-dealkylation sites (N-methyl/N-ethyl adjacent to an activating group) is 1. The van der Waals surface area contributed by atoms with Crippen molar-refractivity contribution in [3.05, 3.63) is 40.9 Å². The van der Waals surface area contributed by atoms with E-state index in [0.29, 0.717) is 22.8 Å². The Morgan fingerprint density at radius 1 is 1.50 bits per heavy atom. The number of hydrogen-bond acceptors (Lipinski definition) is 2.